The zero-order valence-electron chi connectivity index (χ0n) is 7.57. The minimum absolute atomic E-state index is 0.474. The van der Waals surface area contributed by atoms with Gasteiger partial charge in [-0.1, -0.05) is 6.07 Å². The van der Waals surface area contributed by atoms with E-state index in [4.69, 9.17) is 5.26 Å². The van der Waals surface area contributed by atoms with Crippen LogP contribution in [0, 0.1) is 18.3 Å². The van der Waals surface area contributed by atoms with Crippen LogP contribution in [0.4, 0.5) is 0 Å². The summed E-state index contributed by atoms with van der Waals surface area (Å²) >= 11 is 1.55. The second kappa shape index (κ2) is 3.24. The number of aryl methyl sites for hydroxylation is 1. The number of rotatable bonds is 1. The SMILES string of the molecule is Cc1cc2ccc(C=O)c(C#N)c2s1. The lowest BCUT2D eigenvalue weighted by atomic mass is 10.1. The van der Waals surface area contributed by atoms with E-state index >= 15 is 0 Å². The maximum absolute atomic E-state index is 10.7. The number of benzene rings is 1. The third-order valence-corrected chi connectivity index (χ3v) is 3.16. The van der Waals surface area contributed by atoms with E-state index < -0.39 is 0 Å². The number of aldehydes is 1. The van der Waals surface area contributed by atoms with E-state index in [1.165, 1.54) is 0 Å². The highest BCUT2D eigenvalue weighted by atomic mass is 32.1. The van der Waals surface area contributed by atoms with E-state index in [1.807, 2.05) is 19.1 Å². The molecule has 0 aliphatic carbocycles. The monoisotopic (exact) mass is 201 g/mol. The Morgan fingerprint density at radius 2 is 2.29 bits per heavy atom. The van der Waals surface area contributed by atoms with Crippen molar-refractivity contribution in [3.63, 3.8) is 0 Å². The van der Waals surface area contributed by atoms with Gasteiger partial charge in [-0.05, 0) is 24.4 Å². The average molecular weight is 201 g/mol. The minimum atomic E-state index is 0.474. The van der Waals surface area contributed by atoms with Crippen LogP contribution in [0.25, 0.3) is 10.1 Å². The fraction of sp³-hybridized carbons (Fsp3) is 0.0909. The summed E-state index contributed by atoms with van der Waals surface area (Å²) < 4.78 is 0.912. The maximum atomic E-state index is 10.7. The van der Waals surface area contributed by atoms with Gasteiger partial charge in [0.15, 0.2) is 6.29 Å². The van der Waals surface area contributed by atoms with Crippen molar-refractivity contribution in [1.82, 2.24) is 0 Å². The molecule has 68 valence electrons. The summed E-state index contributed by atoms with van der Waals surface area (Å²) in [6, 6.07) is 7.68. The summed E-state index contributed by atoms with van der Waals surface area (Å²) in [5, 5.41) is 9.99. The quantitative estimate of drug-likeness (QED) is 0.665. The molecule has 0 saturated carbocycles. The lowest BCUT2D eigenvalue weighted by Crippen LogP contribution is -1.85. The van der Waals surface area contributed by atoms with Crippen LogP contribution in [0.3, 0.4) is 0 Å². The fourth-order valence-corrected chi connectivity index (χ4v) is 2.48. The van der Waals surface area contributed by atoms with Crippen molar-refractivity contribution in [2.75, 3.05) is 0 Å². The normalized spacial score (nSPS) is 10.0. The molecule has 2 rings (SSSR count). The van der Waals surface area contributed by atoms with Gasteiger partial charge in [0.1, 0.15) is 6.07 Å². The summed E-state index contributed by atoms with van der Waals surface area (Å²) in [6.45, 7) is 1.99. The summed E-state index contributed by atoms with van der Waals surface area (Å²) in [6.07, 6.45) is 0.729. The lowest BCUT2D eigenvalue weighted by Gasteiger charge is -1.95. The molecule has 3 heteroatoms. The Hall–Kier alpha value is -1.66. The smallest absolute Gasteiger partial charge is 0.151 e. The molecule has 0 saturated heterocycles. The molecule has 0 bridgehead atoms. The number of carbonyl (C=O) groups excluding carboxylic acids is 1. The van der Waals surface area contributed by atoms with Crippen molar-refractivity contribution >= 4 is 27.7 Å². The number of hydrogen-bond donors (Lipinski definition) is 0. The predicted molar refractivity (Wildman–Crippen MR) is 56.7 cm³/mol. The highest BCUT2D eigenvalue weighted by Gasteiger charge is 2.08. The molecule has 2 nitrogen and oxygen atoms in total. The predicted octanol–water partition coefficient (Wildman–Crippen LogP) is 2.89. The van der Waals surface area contributed by atoms with Gasteiger partial charge in [-0.25, -0.2) is 0 Å². The van der Waals surface area contributed by atoms with Gasteiger partial charge in [0.25, 0.3) is 0 Å². The van der Waals surface area contributed by atoms with Crippen LogP contribution in [0.1, 0.15) is 20.8 Å². The largest absolute Gasteiger partial charge is 0.298 e. The Labute approximate surface area is 85.4 Å². The number of carbonyl (C=O) groups is 1. The fourth-order valence-electron chi connectivity index (χ4n) is 1.46. The highest BCUT2D eigenvalue weighted by Crippen LogP contribution is 2.29. The van der Waals surface area contributed by atoms with E-state index in [9.17, 15) is 4.79 Å². The van der Waals surface area contributed by atoms with E-state index in [-0.39, 0.29) is 0 Å². The van der Waals surface area contributed by atoms with Gasteiger partial charge in [0.05, 0.1) is 10.3 Å². The van der Waals surface area contributed by atoms with Crippen molar-refractivity contribution in [2.45, 2.75) is 6.92 Å². The first kappa shape index (κ1) is 8.92. The van der Waals surface area contributed by atoms with Crippen LogP contribution in [0.2, 0.25) is 0 Å². The Bertz CT molecular complexity index is 548. The zero-order chi connectivity index (χ0) is 10.1. The van der Waals surface area contributed by atoms with E-state index in [0.29, 0.717) is 11.1 Å². The number of fused-ring (bicyclic) bond motifs is 1. The molecule has 0 unspecified atom stereocenters. The number of nitriles is 1. The van der Waals surface area contributed by atoms with E-state index in [0.717, 1.165) is 21.2 Å². The van der Waals surface area contributed by atoms with Crippen LogP contribution < -0.4 is 0 Å². The van der Waals surface area contributed by atoms with Crippen LogP contribution in [-0.4, -0.2) is 6.29 Å². The second-order valence-electron chi connectivity index (χ2n) is 3.03. The molecular formula is C11H7NOS. The van der Waals surface area contributed by atoms with Gasteiger partial charge in [-0.15, -0.1) is 11.3 Å². The average Bonchev–Trinajstić information content (AvgIpc) is 2.56. The summed E-state index contributed by atoms with van der Waals surface area (Å²) in [5.41, 5.74) is 0.970. The maximum Gasteiger partial charge on any atom is 0.151 e. The highest BCUT2D eigenvalue weighted by molar-refractivity contribution is 7.19. The molecule has 0 amide bonds. The third-order valence-electron chi connectivity index (χ3n) is 2.08. The van der Waals surface area contributed by atoms with Crippen molar-refractivity contribution in [3.05, 3.63) is 34.2 Å². The van der Waals surface area contributed by atoms with Crippen molar-refractivity contribution in [3.8, 4) is 6.07 Å². The summed E-state index contributed by atoms with van der Waals surface area (Å²) in [5.74, 6) is 0. The molecule has 0 fully saturated rings. The standard InChI is InChI=1S/C11H7NOS/c1-7-4-8-2-3-9(6-13)10(5-12)11(8)14-7/h2-4,6H,1H3. The Morgan fingerprint density at radius 3 is 2.93 bits per heavy atom. The van der Waals surface area contributed by atoms with Crippen LogP contribution in [0.5, 0.6) is 0 Å². The second-order valence-corrected chi connectivity index (χ2v) is 4.29. The van der Waals surface area contributed by atoms with Crippen LogP contribution in [0.15, 0.2) is 18.2 Å². The summed E-state index contributed by atoms with van der Waals surface area (Å²) in [7, 11) is 0. The van der Waals surface area contributed by atoms with Gasteiger partial charge in [-0.2, -0.15) is 5.26 Å². The lowest BCUT2D eigenvalue weighted by molar-refractivity contribution is 0.112. The number of hydrogen-bond acceptors (Lipinski definition) is 3. The van der Waals surface area contributed by atoms with Crippen LogP contribution >= 0.6 is 11.3 Å². The molecular weight excluding hydrogens is 194 g/mol. The van der Waals surface area contributed by atoms with Gasteiger partial charge in [0, 0.05) is 10.4 Å². The van der Waals surface area contributed by atoms with Crippen molar-refractivity contribution in [2.24, 2.45) is 0 Å². The van der Waals surface area contributed by atoms with Gasteiger partial charge >= 0.3 is 0 Å². The minimum Gasteiger partial charge on any atom is -0.298 e. The van der Waals surface area contributed by atoms with E-state index in [1.54, 1.807) is 17.4 Å². The van der Waals surface area contributed by atoms with E-state index in [2.05, 4.69) is 6.07 Å². The van der Waals surface area contributed by atoms with Gasteiger partial charge < -0.3 is 0 Å². The third kappa shape index (κ3) is 1.21. The van der Waals surface area contributed by atoms with Crippen molar-refractivity contribution in [1.29, 1.82) is 5.26 Å². The first-order valence-electron chi connectivity index (χ1n) is 4.14. The molecule has 0 spiro atoms. The first-order valence-corrected chi connectivity index (χ1v) is 4.96. The summed E-state index contributed by atoms with van der Waals surface area (Å²) in [4.78, 5) is 11.8. The zero-order valence-corrected chi connectivity index (χ0v) is 8.39. The Balaban J connectivity index is 2.91. The van der Waals surface area contributed by atoms with Gasteiger partial charge in [0.2, 0.25) is 0 Å². The molecule has 0 atom stereocenters. The number of nitrogens with zero attached hydrogens (tertiary/aromatic N) is 1. The first-order chi connectivity index (χ1) is 6.76. The number of thiophene rings is 1. The molecule has 2 aromatic rings. The topological polar surface area (TPSA) is 40.9 Å². The molecule has 1 aromatic carbocycles. The van der Waals surface area contributed by atoms with Gasteiger partial charge in [-0.3, -0.25) is 4.79 Å². The Kier molecular flexibility index (Phi) is 2.06. The van der Waals surface area contributed by atoms with Crippen molar-refractivity contribution < 1.29 is 4.79 Å². The van der Waals surface area contributed by atoms with Crippen LogP contribution in [-0.2, 0) is 0 Å². The molecule has 14 heavy (non-hydrogen) atoms. The molecule has 0 aliphatic heterocycles. The molecule has 1 aromatic heterocycles. The molecule has 0 aliphatic rings. The molecule has 1 heterocycles. The Morgan fingerprint density at radius 1 is 1.50 bits per heavy atom. The molecule has 0 N–H and O–H groups in total. The molecule has 0 radical (unpaired) electrons.